The van der Waals surface area contributed by atoms with Gasteiger partial charge in [0.1, 0.15) is 11.6 Å². The molecule has 8 nitrogen and oxygen atoms in total. The molecule has 2 aliphatic heterocycles. The van der Waals surface area contributed by atoms with E-state index >= 15 is 0 Å². The van der Waals surface area contributed by atoms with Crippen molar-refractivity contribution in [3.8, 4) is 0 Å². The summed E-state index contributed by atoms with van der Waals surface area (Å²) in [4.78, 5) is 13.8. The highest BCUT2D eigenvalue weighted by molar-refractivity contribution is 14.0. The predicted molar refractivity (Wildman–Crippen MR) is 142 cm³/mol. The van der Waals surface area contributed by atoms with E-state index < -0.39 is 0 Å². The Bertz CT molecular complexity index is 856. The fourth-order valence-corrected chi connectivity index (χ4v) is 4.49. The first-order valence-electron chi connectivity index (χ1n) is 11.8. The lowest BCUT2D eigenvalue weighted by Gasteiger charge is -2.33. The molecule has 33 heavy (non-hydrogen) atoms. The maximum Gasteiger partial charge on any atom is 0.191 e. The van der Waals surface area contributed by atoms with Crippen LogP contribution in [-0.4, -0.2) is 68.3 Å². The Labute approximate surface area is 214 Å². The highest BCUT2D eigenvalue weighted by Crippen LogP contribution is 2.24. The summed E-state index contributed by atoms with van der Waals surface area (Å²) < 4.78 is 11.4. The van der Waals surface area contributed by atoms with Crippen LogP contribution in [0.15, 0.2) is 46.1 Å². The number of likely N-dealkylation sites (tertiary alicyclic amines) is 1. The van der Waals surface area contributed by atoms with Gasteiger partial charge in [0, 0.05) is 39.4 Å². The largest absolute Gasteiger partial charge is 0.468 e. The molecule has 9 heteroatoms. The molecule has 4 rings (SSSR count). The van der Waals surface area contributed by atoms with E-state index in [1.807, 2.05) is 25.4 Å². The van der Waals surface area contributed by atoms with Crippen molar-refractivity contribution in [2.24, 2.45) is 4.99 Å². The SMILES string of the molecule is CN=C(NCc1ccnc(N2CCOC(C)C2)c1)NCC(c1ccco1)N1CCCCC1.I. The Morgan fingerprint density at radius 3 is 2.79 bits per heavy atom. The van der Waals surface area contributed by atoms with Gasteiger partial charge in [-0.15, -0.1) is 24.0 Å². The summed E-state index contributed by atoms with van der Waals surface area (Å²) in [6.45, 7) is 8.26. The van der Waals surface area contributed by atoms with Crippen molar-refractivity contribution in [2.75, 3.05) is 51.3 Å². The number of nitrogens with zero attached hydrogens (tertiary/aromatic N) is 4. The highest BCUT2D eigenvalue weighted by atomic mass is 127. The molecule has 2 saturated heterocycles. The number of hydrogen-bond acceptors (Lipinski definition) is 6. The van der Waals surface area contributed by atoms with E-state index in [1.165, 1.54) is 24.8 Å². The van der Waals surface area contributed by atoms with Crippen LogP contribution in [0.1, 0.15) is 43.6 Å². The average molecular weight is 569 g/mol. The minimum atomic E-state index is 0. The first-order chi connectivity index (χ1) is 15.7. The number of ether oxygens (including phenoxy) is 1. The van der Waals surface area contributed by atoms with Gasteiger partial charge in [0.15, 0.2) is 5.96 Å². The molecule has 0 bridgehead atoms. The number of guanidine groups is 1. The molecule has 0 aliphatic carbocycles. The second kappa shape index (κ2) is 13.1. The summed E-state index contributed by atoms with van der Waals surface area (Å²) in [5, 5.41) is 6.95. The van der Waals surface area contributed by atoms with Crippen LogP contribution in [0.2, 0.25) is 0 Å². The standard InChI is InChI=1S/C24H36N6O2.HI/c1-19-18-30(12-14-31-19)23-15-20(8-9-26-23)16-27-24(25-2)28-17-21(22-7-6-13-32-22)29-10-4-3-5-11-29;/h6-9,13,15,19,21H,3-5,10-12,14,16-18H2,1-2H3,(H2,25,27,28);1H. The van der Waals surface area contributed by atoms with Crippen LogP contribution in [0.4, 0.5) is 5.82 Å². The lowest BCUT2D eigenvalue weighted by Crippen LogP contribution is -2.44. The zero-order valence-electron chi connectivity index (χ0n) is 19.7. The Morgan fingerprint density at radius 1 is 1.21 bits per heavy atom. The quantitative estimate of drug-likeness (QED) is 0.301. The van der Waals surface area contributed by atoms with Crippen LogP contribution in [0.5, 0.6) is 0 Å². The fourth-order valence-electron chi connectivity index (χ4n) is 4.49. The zero-order valence-corrected chi connectivity index (χ0v) is 22.0. The zero-order chi connectivity index (χ0) is 22.2. The Hall–Kier alpha value is -1.85. The van der Waals surface area contributed by atoms with Gasteiger partial charge in [-0.05, 0) is 62.7 Å². The Balaban J connectivity index is 0.00000306. The van der Waals surface area contributed by atoms with Crippen LogP contribution in [0.3, 0.4) is 0 Å². The van der Waals surface area contributed by atoms with E-state index in [4.69, 9.17) is 9.15 Å². The number of furan rings is 1. The smallest absolute Gasteiger partial charge is 0.191 e. The number of hydrogen-bond donors (Lipinski definition) is 2. The first kappa shape index (κ1) is 25.8. The number of aromatic nitrogens is 1. The van der Waals surface area contributed by atoms with Crippen LogP contribution < -0.4 is 15.5 Å². The van der Waals surface area contributed by atoms with E-state index in [9.17, 15) is 0 Å². The van der Waals surface area contributed by atoms with Gasteiger partial charge in [-0.3, -0.25) is 9.89 Å². The van der Waals surface area contributed by atoms with Crippen LogP contribution >= 0.6 is 24.0 Å². The number of rotatable bonds is 7. The van der Waals surface area contributed by atoms with E-state index in [0.29, 0.717) is 6.54 Å². The molecule has 0 radical (unpaired) electrons. The van der Waals surface area contributed by atoms with Crippen LogP contribution in [-0.2, 0) is 11.3 Å². The van der Waals surface area contributed by atoms with Gasteiger partial charge >= 0.3 is 0 Å². The van der Waals surface area contributed by atoms with Crippen molar-refractivity contribution in [1.82, 2.24) is 20.5 Å². The lowest BCUT2D eigenvalue weighted by molar-refractivity contribution is 0.0529. The van der Waals surface area contributed by atoms with Gasteiger partial charge in [-0.2, -0.15) is 0 Å². The molecule has 2 unspecified atom stereocenters. The molecular formula is C24H37IN6O2. The second-order valence-corrected chi connectivity index (χ2v) is 8.58. The van der Waals surface area contributed by atoms with Gasteiger partial charge in [-0.25, -0.2) is 4.98 Å². The molecule has 2 atom stereocenters. The van der Waals surface area contributed by atoms with E-state index in [-0.39, 0.29) is 36.1 Å². The van der Waals surface area contributed by atoms with Crippen LogP contribution in [0, 0.1) is 0 Å². The molecule has 2 fully saturated rings. The number of anilines is 1. The molecule has 0 aromatic carbocycles. The van der Waals surface area contributed by atoms with Crippen molar-refractivity contribution in [1.29, 1.82) is 0 Å². The number of pyridine rings is 1. The maximum absolute atomic E-state index is 5.76. The number of morpholine rings is 1. The molecule has 4 heterocycles. The topological polar surface area (TPSA) is 78.2 Å². The molecule has 0 saturated carbocycles. The summed E-state index contributed by atoms with van der Waals surface area (Å²) in [7, 11) is 1.81. The summed E-state index contributed by atoms with van der Waals surface area (Å²) in [6, 6.07) is 8.45. The van der Waals surface area contributed by atoms with E-state index in [0.717, 1.165) is 56.9 Å². The molecule has 2 aromatic heterocycles. The normalized spacial score (nSPS) is 20.7. The van der Waals surface area contributed by atoms with Gasteiger partial charge in [0.05, 0.1) is 25.0 Å². The molecule has 182 valence electrons. The van der Waals surface area contributed by atoms with Crippen molar-refractivity contribution in [3.05, 3.63) is 48.0 Å². The minimum absolute atomic E-state index is 0. The lowest BCUT2D eigenvalue weighted by atomic mass is 10.1. The summed E-state index contributed by atoms with van der Waals surface area (Å²) in [6.07, 6.45) is 7.68. The monoisotopic (exact) mass is 568 g/mol. The Morgan fingerprint density at radius 2 is 2.06 bits per heavy atom. The third-order valence-electron chi connectivity index (χ3n) is 6.22. The van der Waals surface area contributed by atoms with E-state index in [2.05, 4.69) is 49.5 Å². The summed E-state index contributed by atoms with van der Waals surface area (Å²) >= 11 is 0. The van der Waals surface area contributed by atoms with E-state index in [1.54, 1.807) is 6.26 Å². The minimum Gasteiger partial charge on any atom is -0.468 e. The average Bonchev–Trinajstić information content (AvgIpc) is 3.37. The number of nitrogens with one attached hydrogen (secondary N) is 2. The highest BCUT2D eigenvalue weighted by Gasteiger charge is 2.24. The molecular weight excluding hydrogens is 531 g/mol. The maximum atomic E-state index is 5.76. The van der Waals surface area contributed by atoms with Crippen molar-refractivity contribution < 1.29 is 9.15 Å². The first-order valence-corrected chi connectivity index (χ1v) is 11.8. The Kier molecular flexibility index (Phi) is 10.3. The van der Waals surface area contributed by atoms with Gasteiger partial charge in [-0.1, -0.05) is 6.42 Å². The molecule has 0 amide bonds. The molecule has 2 N–H and O–H groups in total. The third kappa shape index (κ3) is 7.31. The van der Waals surface area contributed by atoms with Crippen LogP contribution in [0.25, 0.3) is 0 Å². The number of aliphatic imine (C=N–C) groups is 1. The summed E-state index contributed by atoms with van der Waals surface area (Å²) in [5.74, 6) is 2.80. The van der Waals surface area contributed by atoms with Gasteiger partial charge in [0.25, 0.3) is 0 Å². The van der Waals surface area contributed by atoms with Gasteiger partial charge < -0.3 is 24.7 Å². The number of halogens is 1. The molecule has 0 spiro atoms. The number of piperidine rings is 1. The fraction of sp³-hybridized carbons (Fsp3) is 0.583. The van der Waals surface area contributed by atoms with Crippen molar-refractivity contribution in [3.63, 3.8) is 0 Å². The third-order valence-corrected chi connectivity index (χ3v) is 6.22. The van der Waals surface area contributed by atoms with Crippen molar-refractivity contribution in [2.45, 2.75) is 44.9 Å². The van der Waals surface area contributed by atoms with Crippen molar-refractivity contribution >= 4 is 35.8 Å². The molecule has 2 aromatic rings. The van der Waals surface area contributed by atoms with Gasteiger partial charge in [0.2, 0.25) is 0 Å². The summed E-state index contributed by atoms with van der Waals surface area (Å²) in [5.41, 5.74) is 1.18. The second-order valence-electron chi connectivity index (χ2n) is 8.58. The predicted octanol–water partition coefficient (Wildman–Crippen LogP) is 3.41. The molecule has 2 aliphatic rings.